The topological polar surface area (TPSA) is 58.8 Å². The number of carbonyl (C=O) groups is 1. The van der Waals surface area contributed by atoms with Crippen LogP contribution in [-0.2, 0) is 21.5 Å². The molecule has 1 atom stereocenters. The Balaban J connectivity index is 1.57. The number of morpholine rings is 1. The van der Waals surface area contributed by atoms with E-state index in [2.05, 4.69) is 30.7 Å². The summed E-state index contributed by atoms with van der Waals surface area (Å²) in [5.41, 5.74) is -0.0258. The maximum atomic E-state index is 12.7. The van der Waals surface area contributed by atoms with Crippen LogP contribution in [-0.4, -0.2) is 60.1 Å². The van der Waals surface area contributed by atoms with Crippen LogP contribution in [0.2, 0.25) is 0 Å². The Hall–Kier alpha value is -1.40. The highest BCUT2D eigenvalue weighted by Gasteiger charge is 2.30. The van der Waals surface area contributed by atoms with Gasteiger partial charge in [0.05, 0.1) is 31.9 Å². The predicted octanol–water partition coefficient (Wildman–Crippen LogP) is 2.04. The van der Waals surface area contributed by atoms with Gasteiger partial charge < -0.3 is 14.1 Å². The van der Waals surface area contributed by atoms with Crippen molar-refractivity contribution in [2.75, 3.05) is 39.4 Å². The Bertz CT molecular complexity index is 558. The van der Waals surface area contributed by atoms with Gasteiger partial charge in [0.25, 0.3) is 0 Å². The van der Waals surface area contributed by atoms with E-state index in [1.165, 1.54) is 0 Å². The lowest BCUT2D eigenvalue weighted by atomic mass is 9.94. The molecule has 1 unspecified atom stereocenters. The minimum atomic E-state index is -0.0258. The number of hydrogen-bond donors (Lipinski definition) is 0. The van der Waals surface area contributed by atoms with Crippen LogP contribution < -0.4 is 0 Å². The van der Waals surface area contributed by atoms with Gasteiger partial charge in [0, 0.05) is 25.0 Å². The maximum Gasteiger partial charge on any atom is 0.227 e. The fraction of sp³-hybridized carbons (Fsp3) is 0.778. The minimum absolute atomic E-state index is 0.0258. The molecule has 2 fully saturated rings. The van der Waals surface area contributed by atoms with Gasteiger partial charge >= 0.3 is 0 Å². The number of ether oxygens (including phenoxy) is 1. The Labute approximate surface area is 144 Å². The Morgan fingerprint density at radius 3 is 2.71 bits per heavy atom. The molecule has 0 aromatic carbocycles. The second kappa shape index (κ2) is 7.23. The number of oxazole rings is 1. The third-order valence-electron chi connectivity index (χ3n) is 4.83. The highest BCUT2D eigenvalue weighted by atomic mass is 16.5. The molecule has 1 aromatic rings. The van der Waals surface area contributed by atoms with E-state index in [0.717, 1.165) is 50.7 Å². The van der Waals surface area contributed by atoms with E-state index in [1.807, 2.05) is 11.1 Å². The minimum Gasteiger partial charge on any atom is -0.444 e. The molecule has 1 aromatic heterocycles. The molecular formula is C18H29N3O3. The molecule has 0 radical (unpaired) electrons. The largest absolute Gasteiger partial charge is 0.444 e. The lowest BCUT2D eigenvalue weighted by Gasteiger charge is -2.35. The Morgan fingerprint density at radius 2 is 2.04 bits per heavy atom. The van der Waals surface area contributed by atoms with Crippen molar-refractivity contribution >= 4 is 5.91 Å². The Morgan fingerprint density at radius 1 is 1.29 bits per heavy atom. The number of piperidine rings is 1. The summed E-state index contributed by atoms with van der Waals surface area (Å²) in [4.78, 5) is 21.4. The molecule has 0 N–H and O–H groups in total. The van der Waals surface area contributed by atoms with Crippen molar-refractivity contribution in [1.29, 1.82) is 0 Å². The van der Waals surface area contributed by atoms with Gasteiger partial charge in [-0.25, -0.2) is 4.98 Å². The number of likely N-dealkylation sites (tertiary alicyclic amines) is 1. The van der Waals surface area contributed by atoms with E-state index in [4.69, 9.17) is 9.15 Å². The van der Waals surface area contributed by atoms with E-state index in [0.29, 0.717) is 19.8 Å². The molecule has 2 aliphatic heterocycles. The molecule has 24 heavy (non-hydrogen) atoms. The molecule has 0 aliphatic carbocycles. The van der Waals surface area contributed by atoms with Crippen LogP contribution >= 0.6 is 0 Å². The second-order valence-corrected chi connectivity index (χ2v) is 7.88. The first-order valence-corrected chi connectivity index (χ1v) is 8.97. The molecule has 0 spiro atoms. The number of carbonyl (C=O) groups excluding carboxylic acids is 1. The summed E-state index contributed by atoms with van der Waals surface area (Å²) in [5.74, 6) is 2.04. The highest BCUT2D eigenvalue weighted by molar-refractivity contribution is 5.79. The van der Waals surface area contributed by atoms with Gasteiger partial charge in [0.2, 0.25) is 11.8 Å². The van der Waals surface area contributed by atoms with Gasteiger partial charge in [-0.2, -0.15) is 0 Å². The zero-order chi connectivity index (χ0) is 17.2. The molecule has 0 saturated carbocycles. The quantitative estimate of drug-likeness (QED) is 0.846. The smallest absolute Gasteiger partial charge is 0.227 e. The number of rotatable bonds is 3. The number of aromatic nitrogens is 1. The lowest BCUT2D eigenvalue weighted by molar-refractivity contribution is -0.141. The first-order valence-electron chi connectivity index (χ1n) is 8.97. The van der Waals surface area contributed by atoms with Crippen molar-refractivity contribution in [3.05, 3.63) is 17.8 Å². The SMILES string of the molecule is CC(C)(C)c1cnc(CN2CCCC(C(=O)N3CCOCC3)C2)o1. The normalized spacial score (nSPS) is 23.5. The van der Waals surface area contributed by atoms with Crippen LogP contribution in [0.5, 0.6) is 0 Å². The monoisotopic (exact) mass is 335 g/mol. The molecule has 2 aliphatic rings. The van der Waals surface area contributed by atoms with Crippen molar-refractivity contribution in [3.63, 3.8) is 0 Å². The molecule has 1 amide bonds. The molecule has 3 heterocycles. The summed E-state index contributed by atoms with van der Waals surface area (Å²) in [6.07, 6.45) is 3.86. The molecular weight excluding hydrogens is 306 g/mol. The molecule has 3 rings (SSSR count). The van der Waals surface area contributed by atoms with Crippen molar-refractivity contribution in [3.8, 4) is 0 Å². The molecule has 6 nitrogen and oxygen atoms in total. The van der Waals surface area contributed by atoms with E-state index < -0.39 is 0 Å². The molecule has 2 saturated heterocycles. The lowest BCUT2D eigenvalue weighted by Crippen LogP contribution is -2.48. The van der Waals surface area contributed by atoms with Crippen molar-refractivity contribution < 1.29 is 13.9 Å². The van der Waals surface area contributed by atoms with Gasteiger partial charge in [-0.1, -0.05) is 20.8 Å². The van der Waals surface area contributed by atoms with E-state index in [1.54, 1.807) is 0 Å². The third-order valence-corrected chi connectivity index (χ3v) is 4.83. The second-order valence-electron chi connectivity index (χ2n) is 7.88. The maximum absolute atomic E-state index is 12.7. The van der Waals surface area contributed by atoms with Crippen LogP contribution in [0, 0.1) is 5.92 Å². The average molecular weight is 335 g/mol. The number of hydrogen-bond acceptors (Lipinski definition) is 5. The zero-order valence-corrected chi connectivity index (χ0v) is 15.1. The zero-order valence-electron chi connectivity index (χ0n) is 15.1. The van der Waals surface area contributed by atoms with E-state index >= 15 is 0 Å². The van der Waals surface area contributed by atoms with Crippen molar-refractivity contribution in [1.82, 2.24) is 14.8 Å². The summed E-state index contributed by atoms with van der Waals surface area (Å²) in [6, 6.07) is 0. The van der Waals surface area contributed by atoms with Gasteiger partial charge in [0.15, 0.2) is 0 Å². The fourth-order valence-electron chi connectivity index (χ4n) is 3.36. The van der Waals surface area contributed by atoms with Gasteiger partial charge in [0.1, 0.15) is 5.76 Å². The fourth-order valence-corrected chi connectivity index (χ4v) is 3.36. The van der Waals surface area contributed by atoms with Gasteiger partial charge in [-0.3, -0.25) is 9.69 Å². The van der Waals surface area contributed by atoms with Crippen LogP contribution in [0.15, 0.2) is 10.6 Å². The number of nitrogens with zero attached hydrogens (tertiary/aromatic N) is 3. The summed E-state index contributed by atoms with van der Waals surface area (Å²) in [5, 5.41) is 0. The summed E-state index contributed by atoms with van der Waals surface area (Å²) in [7, 11) is 0. The number of amides is 1. The van der Waals surface area contributed by atoms with Gasteiger partial charge in [-0.05, 0) is 19.4 Å². The molecule has 0 bridgehead atoms. The summed E-state index contributed by atoms with van der Waals surface area (Å²) < 4.78 is 11.2. The van der Waals surface area contributed by atoms with Crippen LogP contribution in [0.1, 0.15) is 45.3 Å². The predicted molar refractivity (Wildman–Crippen MR) is 90.6 cm³/mol. The third kappa shape index (κ3) is 4.16. The average Bonchev–Trinajstić information content (AvgIpc) is 3.04. The first-order chi connectivity index (χ1) is 11.4. The Kier molecular flexibility index (Phi) is 5.25. The molecule has 134 valence electrons. The standard InChI is InChI=1S/C18H29N3O3/c1-18(2,3)15-11-19-16(24-15)13-20-6-4-5-14(12-20)17(22)21-7-9-23-10-8-21/h11,14H,4-10,12-13H2,1-3H3. The van der Waals surface area contributed by atoms with Crippen LogP contribution in [0.25, 0.3) is 0 Å². The van der Waals surface area contributed by atoms with Crippen LogP contribution in [0.3, 0.4) is 0 Å². The van der Waals surface area contributed by atoms with Gasteiger partial charge in [-0.15, -0.1) is 0 Å². The summed E-state index contributed by atoms with van der Waals surface area (Å²) >= 11 is 0. The van der Waals surface area contributed by atoms with Crippen molar-refractivity contribution in [2.24, 2.45) is 5.92 Å². The van der Waals surface area contributed by atoms with E-state index in [9.17, 15) is 4.79 Å². The first kappa shape index (κ1) is 17.4. The highest BCUT2D eigenvalue weighted by Crippen LogP contribution is 2.25. The van der Waals surface area contributed by atoms with E-state index in [-0.39, 0.29) is 17.2 Å². The molecule has 6 heteroatoms. The van der Waals surface area contributed by atoms with Crippen LogP contribution in [0.4, 0.5) is 0 Å². The summed E-state index contributed by atoms with van der Waals surface area (Å²) in [6.45, 7) is 11.6. The van der Waals surface area contributed by atoms with Crippen molar-refractivity contribution in [2.45, 2.75) is 45.6 Å².